The minimum absolute atomic E-state index is 0.130. The summed E-state index contributed by atoms with van der Waals surface area (Å²) in [5.41, 5.74) is 0.364. The molecule has 2 aromatic rings. The second-order valence-corrected chi connectivity index (χ2v) is 9.69. The lowest BCUT2D eigenvalue weighted by molar-refractivity contribution is -0.136. The lowest BCUT2D eigenvalue weighted by atomic mass is 9.92. The average molecular weight is 489 g/mol. The Morgan fingerprint density at radius 3 is 2.26 bits per heavy atom. The van der Waals surface area contributed by atoms with Gasteiger partial charge in [-0.15, -0.1) is 11.3 Å². The third-order valence-electron chi connectivity index (χ3n) is 5.65. The van der Waals surface area contributed by atoms with Crippen molar-refractivity contribution in [3.63, 3.8) is 0 Å². The summed E-state index contributed by atoms with van der Waals surface area (Å²) < 4.78 is 17.8. The number of benzene rings is 1. The van der Waals surface area contributed by atoms with Crippen molar-refractivity contribution >= 4 is 35.4 Å². The molecular weight excluding hydrogens is 456 g/mol. The zero-order valence-corrected chi connectivity index (χ0v) is 21.1. The zero-order chi connectivity index (χ0) is 24.8. The number of carbonyl (C=O) groups is 2. The van der Waals surface area contributed by atoms with Crippen LogP contribution < -0.4 is 24.2 Å². The van der Waals surface area contributed by atoms with E-state index in [0.29, 0.717) is 51.2 Å². The molecule has 1 saturated heterocycles. The Bertz CT molecular complexity index is 1180. The number of hydrogen-bond acceptors (Lipinski definition) is 7. The molecule has 9 heteroatoms. The van der Waals surface area contributed by atoms with Crippen LogP contribution in [0.15, 0.2) is 23.0 Å². The van der Waals surface area contributed by atoms with E-state index >= 15 is 0 Å². The van der Waals surface area contributed by atoms with Crippen molar-refractivity contribution in [3.05, 3.63) is 43.3 Å². The highest BCUT2D eigenvalue weighted by Crippen LogP contribution is 2.23. The third-order valence-corrected chi connectivity index (χ3v) is 6.71. The Labute approximate surface area is 203 Å². The standard InChI is InChI=1S/C25H32N2O6S/c1-6-33-24(29)12-23-27(15-22(28)26-13-16(2)7-17(3)14-26)25(30)21(34-23)10-18-8-19(31-4)11-20(9-18)32-5/h8-12,16-17H,6-7,13-15H2,1-5H3/b21-10-,23-12-/t16-,17-/m1/s1. The van der Waals surface area contributed by atoms with E-state index in [0.717, 1.165) is 17.8 Å². The minimum atomic E-state index is -0.556. The molecule has 1 aromatic heterocycles. The SMILES string of the molecule is CCOC(=O)/C=c1\s/c(=C\c2cc(OC)cc(OC)c2)c(=O)n1CC(=O)N1C[C@H](C)C[C@@H](C)C1. The second kappa shape index (κ2) is 11.4. The van der Waals surface area contributed by atoms with Crippen LogP contribution in [0.25, 0.3) is 12.2 Å². The molecule has 0 aliphatic carbocycles. The van der Waals surface area contributed by atoms with Gasteiger partial charge in [0.2, 0.25) is 5.91 Å². The summed E-state index contributed by atoms with van der Waals surface area (Å²) in [6.07, 6.45) is 4.05. The van der Waals surface area contributed by atoms with Crippen LogP contribution in [0, 0.1) is 11.8 Å². The van der Waals surface area contributed by atoms with Crippen LogP contribution in [-0.2, 0) is 20.9 Å². The van der Waals surface area contributed by atoms with Crippen LogP contribution in [0.4, 0.5) is 0 Å². The highest BCUT2D eigenvalue weighted by atomic mass is 32.1. The van der Waals surface area contributed by atoms with Gasteiger partial charge in [0.05, 0.1) is 31.4 Å². The summed E-state index contributed by atoms with van der Waals surface area (Å²) in [5, 5.41) is 0. The Morgan fingerprint density at radius 1 is 1.09 bits per heavy atom. The van der Waals surface area contributed by atoms with Crippen molar-refractivity contribution < 1.29 is 23.8 Å². The molecule has 1 aliphatic heterocycles. The van der Waals surface area contributed by atoms with E-state index in [-0.39, 0.29) is 24.6 Å². The first-order valence-electron chi connectivity index (χ1n) is 11.3. The maximum atomic E-state index is 13.3. The number of nitrogens with zero attached hydrogens (tertiary/aromatic N) is 2. The number of aromatic nitrogens is 1. The number of likely N-dealkylation sites (tertiary alicyclic amines) is 1. The van der Waals surface area contributed by atoms with E-state index in [2.05, 4.69) is 13.8 Å². The van der Waals surface area contributed by atoms with Gasteiger partial charge in [0.1, 0.15) is 22.7 Å². The summed E-state index contributed by atoms with van der Waals surface area (Å²) in [6.45, 7) is 7.39. The van der Waals surface area contributed by atoms with Crippen LogP contribution in [0.1, 0.15) is 32.8 Å². The van der Waals surface area contributed by atoms with Gasteiger partial charge in [-0.2, -0.15) is 0 Å². The average Bonchev–Trinajstić information content (AvgIpc) is 3.06. The molecule has 1 aromatic carbocycles. The molecule has 0 radical (unpaired) electrons. The molecule has 3 rings (SSSR count). The van der Waals surface area contributed by atoms with Crippen LogP contribution in [0.5, 0.6) is 11.5 Å². The first-order valence-corrected chi connectivity index (χ1v) is 12.2. The fourth-order valence-electron chi connectivity index (χ4n) is 4.24. The largest absolute Gasteiger partial charge is 0.497 e. The molecule has 8 nitrogen and oxygen atoms in total. The van der Waals surface area contributed by atoms with Gasteiger partial charge in [0, 0.05) is 19.2 Å². The van der Waals surface area contributed by atoms with Crippen LogP contribution in [0.3, 0.4) is 0 Å². The second-order valence-electron chi connectivity index (χ2n) is 8.63. The van der Waals surface area contributed by atoms with Crippen molar-refractivity contribution in [3.8, 4) is 11.5 Å². The summed E-state index contributed by atoms with van der Waals surface area (Å²) in [7, 11) is 3.11. The fraction of sp³-hybridized carbons (Fsp3) is 0.480. The first-order chi connectivity index (χ1) is 16.2. The monoisotopic (exact) mass is 488 g/mol. The van der Waals surface area contributed by atoms with E-state index < -0.39 is 5.97 Å². The first kappa shape index (κ1) is 25.6. The summed E-state index contributed by atoms with van der Waals surface area (Å²) in [5.74, 6) is 1.30. The molecule has 0 saturated carbocycles. The van der Waals surface area contributed by atoms with E-state index in [1.165, 1.54) is 10.6 Å². The Kier molecular flexibility index (Phi) is 8.55. The predicted octanol–water partition coefficient (Wildman–Crippen LogP) is 1.60. The van der Waals surface area contributed by atoms with Crippen molar-refractivity contribution in [1.82, 2.24) is 9.47 Å². The van der Waals surface area contributed by atoms with Gasteiger partial charge in [0.25, 0.3) is 5.56 Å². The van der Waals surface area contributed by atoms with Gasteiger partial charge in [-0.1, -0.05) is 13.8 Å². The minimum Gasteiger partial charge on any atom is -0.497 e. The van der Waals surface area contributed by atoms with E-state index in [1.54, 1.807) is 45.4 Å². The predicted molar refractivity (Wildman–Crippen MR) is 132 cm³/mol. The van der Waals surface area contributed by atoms with Crippen molar-refractivity contribution in [1.29, 1.82) is 0 Å². The van der Waals surface area contributed by atoms with Crippen LogP contribution >= 0.6 is 11.3 Å². The Morgan fingerprint density at radius 2 is 1.71 bits per heavy atom. The number of hydrogen-bond donors (Lipinski definition) is 0. The smallest absolute Gasteiger partial charge is 0.333 e. The molecule has 34 heavy (non-hydrogen) atoms. The topological polar surface area (TPSA) is 87.1 Å². The van der Waals surface area contributed by atoms with Gasteiger partial charge in [-0.25, -0.2) is 4.79 Å². The molecule has 1 fully saturated rings. The Hall–Kier alpha value is -3.07. The third kappa shape index (κ3) is 6.28. The van der Waals surface area contributed by atoms with Crippen molar-refractivity contribution in [2.24, 2.45) is 11.8 Å². The highest BCUT2D eigenvalue weighted by Gasteiger charge is 2.26. The lowest BCUT2D eigenvalue weighted by Gasteiger charge is -2.35. The molecule has 2 atom stereocenters. The van der Waals surface area contributed by atoms with Gasteiger partial charge in [0.15, 0.2) is 0 Å². The lowest BCUT2D eigenvalue weighted by Crippen LogP contribution is -2.46. The normalized spacial score (nSPS) is 19.3. The molecule has 2 heterocycles. The van der Waals surface area contributed by atoms with Gasteiger partial charge in [-0.3, -0.25) is 14.2 Å². The maximum absolute atomic E-state index is 13.3. The van der Waals surface area contributed by atoms with Crippen LogP contribution in [-0.4, -0.2) is 55.3 Å². The number of piperidine rings is 1. The Balaban J connectivity index is 2.05. The molecule has 0 unspecified atom stereocenters. The van der Waals surface area contributed by atoms with Crippen molar-refractivity contribution in [2.75, 3.05) is 33.9 Å². The number of ether oxygens (including phenoxy) is 3. The summed E-state index contributed by atoms with van der Waals surface area (Å²) in [6, 6.07) is 5.30. The molecule has 1 amide bonds. The van der Waals surface area contributed by atoms with Crippen molar-refractivity contribution in [2.45, 2.75) is 33.7 Å². The van der Waals surface area contributed by atoms with Crippen LogP contribution in [0.2, 0.25) is 0 Å². The fourth-order valence-corrected chi connectivity index (χ4v) is 5.27. The number of methoxy groups -OCH3 is 2. The molecule has 0 N–H and O–H groups in total. The molecule has 0 spiro atoms. The maximum Gasteiger partial charge on any atom is 0.333 e. The number of thiazole rings is 1. The highest BCUT2D eigenvalue weighted by molar-refractivity contribution is 7.07. The number of amides is 1. The van der Waals surface area contributed by atoms with Gasteiger partial charge in [-0.05, 0) is 49.0 Å². The summed E-state index contributed by atoms with van der Waals surface area (Å²) >= 11 is 1.14. The molecule has 1 aliphatic rings. The van der Waals surface area contributed by atoms with E-state index in [4.69, 9.17) is 14.2 Å². The zero-order valence-electron chi connectivity index (χ0n) is 20.3. The molecule has 0 bridgehead atoms. The number of carbonyl (C=O) groups excluding carboxylic acids is 2. The number of esters is 1. The van der Waals surface area contributed by atoms with E-state index in [9.17, 15) is 14.4 Å². The number of rotatable bonds is 7. The van der Waals surface area contributed by atoms with Gasteiger partial charge >= 0.3 is 5.97 Å². The summed E-state index contributed by atoms with van der Waals surface area (Å²) in [4.78, 5) is 40.4. The van der Waals surface area contributed by atoms with Gasteiger partial charge < -0.3 is 19.1 Å². The molecular formula is C25H32N2O6S. The molecule has 184 valence electrons. The van der Waals surface area contributed by atoms with E-state index in [1.807, 2.05) is 4.90 Å². The quantitative estimate of drug-likeness (QED) is 0.551.